The predicted octanol–water partition coefficient (Wildman–Crippen LogP) is 5.08. The fourth-order valence-electron chi connectivity index (χ4n) is 3.23. The number of hydrogen-bond acceptors (Lipinski definition) is 3. The van der Waals surface area contributed by atoms with Crippen molar-refractivity contribution in [2.24, 2.45) is 0 Å². The average molecular weight is 458 g/mol. The summed E-state index contributed by atoms with van der Waals surface area (Å²) in [6.45, 7) is 7.84. The van der Waals surface area contributed by atoms with E-state index in [1.165, 1.54) is 34.9 Å². The van der Waals surface area contributed by atoms with Crippen LogP contribution in [0.5, 0.6) is 0 Å². The molecule has 156 valence electrons. The first kappa shape index (κ1) is 24.7. The van der Waals surface area contributed by atoms with E-state index < -0.39 is 11.6 Å². The number of methoxy groups -OCH3 is 1. The summed E-state index contributed by atoms with van der Waals surface area (Å²) in [6, 6.07) is 10.0. The van der Waals surface area contributed by atoms with Gasteiger partial charge in [-0.1, -0.05) is 24.3 Å². The number of benzene rings is 2. The highest BCUT2D eigenvalue weighted by Crippen LogP contribution is 2.24. The van der Waals surface area contributed by atoms with Gasteiger partial charge in [-0.15, -0.1) is 17.0 Å². The minimum atomic E-state index is -0.578. The van der Waals surface area contributed by atoms with Crippen LogP contribution in [-0.4, -0.2) is 32.9 Å². The Hall–Kier alpha value is -1.34. The zero-order valence-corrected chi connectivity index (χ0v) is 18.6. The second-order valence-corrected chi connectivity index (χ2v) is 6.92. The molecule has 2 atom stereocenters. The third kappa shape index (κ3) is 6.92. The lowest BCUT2D eigenvalue weighted by atomic mass is 9.91. The summed E-state index contributed by atoms with van der Waals surface area (Å²) in [4.78, 5) is 0. The standard InChI is InChI=1S/C22H29F2NO2.BrH/c1-15-7-5-8-16(2)22(15)18(12-25-11-17(3)26-4)13-27-14-19-20(23)9-6-10-21(19)24;/h5-10,17-18,25H,11-14H2,1-4H3;1H/t17-,18?;/m1./s1. The first-order valence-electron chi connectivity index (χ1n) is 9.24. The molecule has 0 amide bonds. The van der Waals surface area contributed by atoms with Crippen LogP contribution in [0, 0.1) is 25.5 Å². The smallest absolute Gasteiger partial charge is 0.131 e. The van der Waals surface area contributed by atoms with Gasteiger partial charge in [-0.2, -0.15) is 0 Å². The van der Waals surface area contributed by atoms with E-state index in [1.807, 2.05) is 13.0 Å². The van der Waals surface area contributed by atoms with Gasteiger partial charge in [0.2, 0.25) is 0 Å². The summed E-state index contributed by atoms with van der Waals surface area (Å²) < 4.78 is 38.6. The van der Waals surface area contributed by atoms with Crippen molar-refractivity contribution < 1.29 is 18.3 Å². The molecule has 0 fully saturated rings. The lowest BCUT2D eigenvalue weighted by Crippen LogP contribution is -2.31. The van der Waals surface area contributed by atoms with Crippen molar-refractivity contribution in [3.8, 4) is 0 Å². The summed E-state index contributed by atoms with van der Waals surface area (Å²) >= 11 is 0. The molecule has 0 aliphatic heterocycles. The maximum atomic E-state index is 13.8. The van der Waals surface area contributed by atoms with Crippen LogP contribution in [0.3, 0.4) is 0 Å². The summed E-state index contributed by atoms with van der Waals surface area (Å²) in [5.74, 6) is -1.08. The minimum absolute atomic E-state index is 0. The summed E-state index contributed by atoms with van der Waals surface area (Å²) in [7, 11) is 1.68. The summed E-state index contributed by atoms with van der Waals surface area (Å²) in [6.07, 6.45) is 0.108. The molecule has 0 radical (unpaired) electrons. The maximum absolute atomic E-state index is 13.8. The van der Waals surface area contributed by atoms with E-state index >= 15 is 0 Å². The first-order chi connectivity index (χ1) is 12.9. The molecule has 0 spiro atoms. The Morgan fingerprint density at radius 3 is 2.11 bits per heavy atom. The Balaban J connectivity index is 0.00000392. The topological polar surface area (TPSA) is 30.5 Å². The highest BCUT2D eigenvalue weighted by Gasteiger charge is 2.18. The normalized spacial score (nSPS) is 13.1. The van der Waals surface area contributed by atoms with Crippen molar-refractivity contribution in [3.63, 3.8) is 0 Å². The third-order valence-corrected chi connectivity index (χ3v) is 4.80. The number of nitrogens with one attached hydrogen (secondary N) is 1. The van der Waals surface area contributed by atoms with E-state index in [1.54, 1.807) is 7.11 Å². The molecule has 0 bridgehead atoms. The molecular weight excluding hydrogens is 428 g/mol. The second-order valence-electron chi connectivity index (χ2n) is 6.92. The highest BCUT2D eigenvalue weighted by atomic mass is 79.9. The summed E-state index contributed by atoms with van der Waals surface area (Å²) in [5.41, 5.74) is 3.55. The van der Waals surface area contributed by atoms with Gasteiger partial charge >= 0.3 is 0 Å². The van der Waals surface area contributed by atoms with E-state index in [0.717, 1.165) is 6.54 Å². The maximum Gasteiger partial charge on any atom is 0.131 e. The van der Waals surface area contributed by atoms with Crippen LogP contribution in [0.1, 0.15) is 35.1 Å². The van der Waals surface area contributed by atoms with Gasteiger partial charge in [0.05, 0.1) is 19.3 Å². The van der Waals surface area contributed by atoms with Gasteiger partial charge in [0.1, 0.15) is 11.6 Å². The van der Waals surface area contributed by atoms with Gasteiger partial charge in [0.25, 0.3) is 0 Å². The molecule has 2 rings (SSSR count). The van der Waals surface area contributed by atoms with Crippen LogP contribution in [0.15, 0.2) is 36.4 Å². The van der Waals surface area contributed by atoms with Crippen LogP contribution in [0.25, 0.3) is 0 Å². The Bertz CT molecular complexity index is 702. The van der Waals surface area contributed by atoms with Gasteiger partial charge in [0, 0.05) is 31.7 Å². The molecule has 2 aromatic rings. The molecular formula is C22H30BrF2NO2. The average Bonchev–Trinajstić information content (AvgIpc) is 2.63. The molecule has 0 saturated carbocycles. The molecule has 0 saturated heterocycles. The van der Waals surface area contributed by atoms with Crippen LogP contribution in [0.2, 0.25) is 0 Å². The van der Waals surface area contributed by atoms with E-state index in [-0.39, 0.29) is 41.2 Å². The van der Waals surface area contributed by atoms with Crippen LogP contribution >= 0.6 is 17.0 Å². The number of ether oxygens (including phenoxy) is 2. The van der Waals surface area contributed by atoms with Crippen molar-refractivity contribution >= 4 is 17.0 Å². The van der Waals surface area contributed by atoms with Crippen molar-refractivity contribution in [3.05, 3.63) is 70.3 Å². The van der Waals surface area contributed by atoms with E-state index in [9.17, 15) is 8.78 Å². The molecule has 2 aromatic carbocycles. The Morgan fingerprint density at radius 1 is 0.964 bits per heavy atom. The van der Waals surface area contributed by atoms with E-state index in [2.05, 4.69) is 31.3 Å². The van der Waals surface area contributed by atoms with Crippen molar-refractivity contribution in [2.45, 2.75) is 39.4 Å². The van der Waals surface area contributed by atoms with Gasteiger partial charge < -0.3 is 14.8 Å². The number of aryl methyl sites for hydroxylation is 2. The van der Waals surface area contributed by atoms with Crippen molar-refractivity contribution in [1.82, 2.24) is 5.32 Å². The molecule has 0 aromatic heterocycles. The van der Waals surface area contributed by atoms with Gasteiger partial charge in [-0.3, -0.25) is 0 Å². The Morgan fingerprint density at radius 2 is 1.54 bits per heavy atom. The second kappa shape index (κ2) is 12.3. The van der Waals surface area contributed by atoms with Crippen LogP contribution in [0.4, 0.5) is 8.78 Å². The molecule has 0 heterocycles. The van der Waals surface area contributed by atoms with Crippen LogP contribution in [-0.2, 0) is 16.1 Å². The number of hydrogen-bond donors (Lipinski definition) is 1. The van der Waals surface area contributed by atoms with Crippen molar-refractivity contribution in [2.75, 3.05) is 26.8 Å². The van der Waals surface area contributed by atoms with Gasteiger partial charge in [-0.25, -0.2) is 8.78 Å². The lowest BCUT2D eigenvalue weighted by Gasteiger charge is -2.23. The molecule has 28 heavy (non-hydrogen) atoms. The number of rotatable bonds is 10. The lowest BCUT2D eigenvalue weighted by molar-refractivity contribution is 0.0959. The van der Waals surface area contributed by atoms with Crippen molar-refractivity contribution in [1.29, 1.82) is 0 Å². The van der Waals surface area contributed by atoms with Crippen LogP contribution < -0.4 is 5.32 Å². The minimum Gasteiger partial charge on any atom is -0.380 e. The fraction of sp³-hybridized carbons (Fsp3) is 0.455. The SMILES string of the molecule is Br.CO[C@H](C)CNCC(COCc1c(F)cccc1F)c1c(C)cccc1C. The van der Waals surface area contributed by atoms with Gasteiger partial charge in [-0.05, 0) is 49.6 Å². The fourth-order valence-corrected chi connectivity index (χ4v) is 3.23. The molecule has 0 aliphatic rings. The largest absolute Gasteiger partial charge is 0.380 e. The molecule has 1 unspecified atom stereocenters. The Labute approximate surface area is 177 Å². The zero-order chi connectivity index (χ0) is 19.8. The molecule has 3 nitrogen and oxygen atoms in total. The molecule has 1 N–H and O–H groups in total. The van der Waals surface area contributed by atoms with E-state index in [0.29, 0.717) is 13.2 Å². The molecule has 0 aliphatic carbocycles. The quantitative estimate of drug-likeness (QED) is 0.539. The number of halogens is 3. The molecule has 6 heteroatoms. The first-order valence-corrected chi connectivity index (χ1v) is 9.24. The van der Waals surface area contributed by atoms with Gasteiger partial charge in [0.15, 0.2) is 0 Å². The third-order valence-electron chi connectivity index (χ3n) is 4.80. The highest BCUT2D eigenvalue weighted by molar-refractivity contribution is 8.93. The predicted molar refractivity (Wildman–Crippen MR) is 114 cm³/mol. The Kier molecular flexibility index (Phi) is 10.8. The zero-order valence-electron chi connectivity index (χ0n) is 16.9. The summed E-state index contributed by atoms with van der Waals surface area (Å²) in [5, 5.41) is 3.41. The van der Waals surface area contributed by atoms with E-state index in [4.69, 9.17) is 9.47 Å². The monoisotopic (exact) mass is 457 g/mol.